The lowest BCUT2D eigenvalue weighted by atomic mass is 9.99. The van der Waals surface area contributed by atoms with Gasteiger partial charge >= 0.3 is 5.97 Å². The zero-order chi connectivity index (χ0) is 14.5. The summed E-state index contributed by atoms with van der Waals surface area (Å²) in [5.41, 5.74) is -0.679. The van der Waals surface area contributed by atoms with E-state index in [0.29, 0.717) is 19.2 Å². The fourth-order valence-corrected chi connectivity index (χ4v) is 2.59. The SMILES string of the molecule is CCOC(=O)C(C)(CN(C)C1CCOC1)NC(C)C. The molecule has 2 atom stereocenters. The summed E-state index contributed by atoms with van der Waals surface area (Å²) in [4.78, 5) is 14.4. The Balaban J connectivity index is 2.69. The molecule has 5 heteroatoms. The highest BCUT2D eigenvalue weighted by Crippen LogP contribution is 2.16. The third kappa shape index (κ3) is 4.75. The van der Waals surface area contributed by atoms with Crippen molar-refractivity contribution in [2.45, 2.75) is 51.7 Å². The van der Waals surface area contributed by atoms with E-state index in [-0.39, 0.29) is 12.0 Å². The molecule has 0 aromatic rings. The van der Waals surface area contributed by atoms with Gasteiger partial charge in [-0.1, -0.05) is 0 Å². The van der Waals surface area contributed by atoms with Crippen LogP contribution in [0.15, 0.2) is 0 Å². The Bertz CT molecular complexity index is 290. The summed E-state index contributed by atoms with van der Waals surface area (Å²) in [6, 6.07) is 0.616. The molecule has 0 bridgehead atoms. The molecule has 1 fully saturated rings. The molecule has 1 saturated heterocycles. The zero-order valence-electron chi connectivity index (χ0n) is 12.9. The Hall–Kier alpha value is -0.650. The molecule has 0 amide bonds. The second-order valence-electron chi connectivity index (χ2n) is 5.78. The molecule has 5 nitrogen and oxygen atoms in total. The van der Waals surface area contributed by atoms with Crippen LogP contribution in [-0.4, -0.2) is 61.9 Å². The summed E-state index contributed by atoms with van der Waals surface area (Å²) >= 11 is 0. The molecule has 1 aliphatic heterocycles. The lowest BCUT2D eigenvalue weighted by Gasteiger charge is -2.36. The molecular formula is C14H28N2O3. The van der Waals surface area contributed by atoms with Crippen molar-refractivity contribution in [1.82, 2.24) is 10.2 Å². The number of carbonyl (C=O) groups excluding carboxylic acids is 1. The lowest BCUT2D eigenvalue weighted by molar-refractivity contribution is -0.151. The van der Waals surface area contributed by atoms with Crippen LogP contribution in [0.2, 0.25) is 0 Å². The van der Waals surface area contributed by atoms with E-state index >= 15 is 0 Å². The summed E-state index contributed by atoms with van der Waals surface area (Å²) in [6.45, 7) is 10.4. The minimum Gasteiger partial charge on any atom is -0.465 e. The molecule has 0 aliphatic carbocycles. The number of rotatable bonds is 7. The normalized spacial score (nSPS) is 22.8. The molecule has 0 radical (unpaired) electrons. The van der Waals surface area contributed by atoms with Gasteiger partial charge in [0, 0.05) is 25.2 Å². The zero-order valence-corrected chi connectivity index (χ0v) is 12.9. The van der Waals surface area contributed by atoms with Crippen LogP contribution in [-0.2, 0) is 14.3 Å². The van der Waals surface area contributed by atoms with E-state index in [1.165, 1.54) is 0 Å². The van der Waals surface area contributed by atoms with E-state index in [2.05, 4.69) is 10.2 Å². The van der Waals surface area contributed by atoms with E-state index in [1.807, 2.05) is 34.7 Å². The van der Waals surface area contributed by atoms with Gasteiger partial charge in [-0.25, -0.2) is 0 Å². The Labute approximate surface area is 116 Å². The van der Waals surface area contributed by atoms with Gasteiger partial charge in [0.05, 0.1) is 13.2 Å². The van der Waals surface area contributed by atoms with E-state index < -0.39 is 5.54 Å². The minimum absolute atomic E-state index is 0.186. The first-order valence-corrected chi connectivity index (χ1v) is 7.12. The van der Waals surface area contributed by atoms with Crippen LogP contribution in [0.25, 0.3) is 0 Å². The van der Waals surface area contributed by atoms with Crippen LogP contribution in [0.4, 0.5) is 0 Å². The molecule has 0 aromatic carbocycles. The van der Waals surface area contributed by atoms with Crippen LogP contribution < -0.4 is 5.32 Å². The first-order chi connectivity index (χ1) is 8.89. The Morgan fingerprint density at radius 2 is 2.26 bits per heavy atom. The molecular weight excluding hydrogens is 244 g/mol. The van der Waals surface area contributed by atoms with Gasteiger partial charge < -0.3 is 9.47 Å². The number of esters is 1. The molecule has 1 rings (SSSR count). The average Bonchev–Trinajstić information content (AvgIpc) is 2.81. The topological polar surface area (TPSA) is 50.8 Å². The van der Waals surface area contributed by atoms with Gasteiger partial charge in [-0.05, 0) is 41.2 Å². The summed E-state index contributed by atoms with van der Waals surface area (Å²) in [5, 5.41) is 3.34. The molecule has 19 heavy (non-hydrogen) atoms. The van der Waals surface area contributed by atoms with Crippen molar-refractivity contribution in [2.75, 3.05) is 33.4 Å². The predicted octanol–water partition coefficient (Wildman–Crippen LogP) is 1.03. The van der Waals surface area contributed by atoms with Crippen LogP contribution >= 0.6 is 0 Å². The largest absolute Gasteiger partial charge is 0.465 e. The smallest absolute Gasteiger partial charge is 0.327 e. The third-order valence-corrected chi connectivity index (χ3v) is 3.43. The second kappa shape index (κ2) is 7.22. The Morgan fingerprint density at radius 1 is 1.58 bits per heavy atom. The highest BCUT2D eigenvalue weighted by atomic mass is 16.5. The molecule has 1 aliphatic rings. The maximum atomic E-state index is 12.2. The van der Waals surface area contributed by atoms with Gasteiger partial charge in [0.2, 0.25) is 0 Å². The number of nitrogens with one attached hydrogen (secondary N) is 1. The number of nitrogens with zero attached hydrogens (tertiary/aromatic N) is 1. The maximum Gasteiger partial charge on any atom is 0.327 e. The first-order valence-electron chi connectivity index (χ1n) is 7.12. The molecule has 1 N–H and O–H groups in total. The summed E-state index contributed by atoms with van der Waals surface area (Å²) in [6.07, 6.45) is 1.02. The standard InChI is InChI=1S/C14H28N2O3/c1-6-19-13(17)14(4,15-11(2)3)10-16(5)12-7-8-18-9-12/h11-12,15H,6-10H2,1-5H3. The van der Waals surface area contributed by atoms with E-state index in [4.69, 9.17) is 9.47 Å². The van der Waals surface area contributed by atoms with Gasteiger partial charge in [0.1, 0.15) is 5.54 Å². The van der Waals surface area contributed by atoms with Crippen LogP contribution in [0, 0.1) is 0 Å². The van der Waals surface area contributed by atoms with Crippen LogP contribution in [0.3, 0.4) is 0 Å². The first kappa shape index (κ1) is 16.4. The molecule has 0 saturated carbocycles. The van der Waals surface area contributed by atoms with Crippen molar-refractivity contribution in [3.05, 3.63) is 0 Å². The maximum absolute atomic E-state index is 12.2. The summed E-state index contributed by atoms with van der Waals surface area (Å²) in [7, 11) is 2.04. The number of carbonyl (C=O) groups is 1. The van der Waals surface area contributed by atoms with Crippen molar-refractivity contribution in [2.24, 2.45) is 0 Å². The lowest BCUT2D eigenvalue weighted by Crippen LogP contribution is -2.60. The molecule has 0 spiro atoms. The number of hydrogen-bond donors (Lipinski definition) is 1. The van der Waals surface area contributed by atoms with Gasteiger partial charge in [-0.2, -0.15) is 0 Å². The molecule has 1 heterocycles. The summed E-state index contributed by atoms with van der Waals surface area (Å²) < 4.78 is 10.6. The highest BCUT2D eigenvalue weighted by molar-refractivity contribution is 5.80. The fourth-order valence-electron chi connectivity index (χ4n) is 2.59. The quantitative estimate of drug-likeness (QED) is 0.702. The molecule has 112 valence electrons. The van der Waals surface area contributed by atoms with Crippen molar-refractivity contribution in [3.8, 4) is 0 Å². The van der Waals surface area contributed by atoms with E-state index in [9.17, 15) is 4.79 Å². The number of hydrogen-bond acceptors (Lipinski definition) is 5. The highest BCUT2D eigenvalue weighted by Gasteiger charge is 2.38. The van der Waals surface area contributed by atoms with E-state index in [1.54, 1.807) is 0 Å². The van der Waals surface area contributed by atoms with Crippen molar-refractivity contribution < 1.29 is 14.3 Å². The Morgan fingerprint density at radius 3 is 2.74 bits per heavy atom. The van der Waals surface area contributed by atoms with Gasteiger partial charge in [-0.15, -0.1) is 0 Å². The minimum atomic E-state index is -0.679. The molecule has 2 unspecified atom stereocenters. The van der Waals surface area contributed by atoms with Crippen molar-refractivity contribution in [3.63, 3.8) is 0 Å². The Kier molecular flexibility index (Phi) is 6.23. The number of ether oxygens (including phenoxy) is 2. The van der Waals surface area contributed by atoms with Crippen LogP contribution in [0.5, 0.6) is 0 Å². The summed E-state index contributed by atoms with van der Waals surface area (Å²) in [5.74, 6) is -0.186. The van der Waals surface area contributed by atoms with E-state index in [0.717, 1.165) is 19.6 Å². The predicted molar refractivity (Wildman–Crippen MR) is 75.2 cm³/mol. The van der Waals surface area contributed by atoms with Crippen molar-refractivity contribution >= 4 is 5.97 Å². The fraction of sp³-hybridized carbons (Fsp3) is 0.929. The van der Waals surface area contributed by atoms with Gasteiger partial charge in [-0.3, -0.25) is 15.0 Å². The van der Waals surface area contributed by atoms with Crippen molar-refractivity contribution in [1.29, 1.82) is 0 Å². The monoisotopic (exact) mass is 272 g/mol. The second-order valence-corrected chi connectivity index (χ2v) is 5.78. The average molecular weight is 272 g/mol. The van der Waals surface area contributed by atoms with Crippen LogP contribution in [0.1, 0.15) is 34.1 Å². The van der Waals surface area contributed by atoms with Gasteiger partial charge in [0.25, 0.3) is 0 Å². The number of likely N-dealkylation sites (N-methyl/N-ethyl adjacent to an activating group) is 1. The molecule has 0 aromatic heterocycles. The van der Waals surface area contributed by atoms with Gasteiger partial charge in [0.15, 0.2) is 0 Å². The third-order valence-electron chi connectivity index (χ3n) is 3.43.